The summed E-state index contributed by atoms with van der Waals surface area (Å²) < 4.78 is 49.5. The summed E-state index contributed by atoms with van der Waals surface area (Å²) in [5.41, 5.74) is -0.416. The van der Waals surface area contributed by atoms with Gasteiger partial charge in [0, 0.05) is 0 Å². The fraction of sp³-hybridized carbons (Fsp3) is 0.273. The van der Waals surface area contributed by atoms with Crippen molar-refractivity contribution in [2.24, 2.45) is 0 Å². The summed E-state index contributed by atoms with van der Waals surface area (Å²) in [6.45, 7) is -0.737. The molecular weight excluding hydrogens is 224 g/mol. The van der Waals surface area contributed by atoms with E-state index in [0.29, 0.717) is 5.56 Å². The Balaban J connectivity index is 2.84. The minimum Gasteiger partial charge on any atom is -0.389 e. The van der Waals surface area contributed by atoms with Crippen LogP contribution in [0.3, 0.4) is 0 Å². The van der Waals surface area contributed by atoms with Crippen molar-refractivity contribution in [2.45, 2.75) is 12.6 Å². The molecule has 5 heteroatoms. The zero-order chi connectivity index (χ0) is 12.2. The van der Waals surface area contributed by atoms with Crippen molar-refractivity contribution < 1.29 is 22.7 Å². The topological polar surface area (TPSA) is 20.2 Å². The fourth-order valence-electron chi connectivity index (χ4n) is 1.17. The number of aliphatic hydroxyl groups is 1. The number of alkyl halides is 3. The number of rotatable bonds is 3. The first-order valence-corrected chi connectivity index (χ1v) is 4.55. The molecule has 0 aliphatic carbocycles. The largest absolute Gasteiger partial charge is 0.416 e. The van der Waals surface area contributed by atoms with Crippen LogP contribution in [0, 0.1) is 0 Å². The molecule has 1 aromatic rings. The van der Waals surface area contributed by atoms with Crippen LogP contribution in [0.15, 0.2) is 36.2 Å². The SMILES string of the molecule is OC/C(F)=C\Cc1cccc(C(F)(F)F)c1. The number of aliphatic hydroxyl groups excluding tert-OH is 1. The maximum Gasteiger partial charge on any atom is 0.416 e. The van der Waals surface area contributed by atoms with Crippen molar-refractivity contribution in [1.82, 2.24) is 0 Å². The van der Waals surface area contributed by atoms with Crippen LogP contribution >= 0.6 is 0 Å². The molecule has 0 spiro atoms. The van der Waals surface area contributed by atoms with Crippen LogP contribution < -0.4 is 0 Å². The molecule has 1 aromatic carbocycles. The molecule has 1 rings (SSSR count). The van der Waals surface area contributed by atoms with Gasteiger partial charge in [0.25, 0.3) is 0 Å². The van der Waals surface area contributed by atoms with Crippen LogP contribution in [0.4, 0.5) is 17.6 Å². The maximum atomic E-state index is 12.5. The first-order chi connectivity index (χ1) is 7.43. The van der Waals surface area contributed by atoms with Gasteiger partial charge in [-0.15, -0.1) is 0 Å². The van der Waals surface area contributed by atoms with Crippen molar-refractivity contribution in [2.75, 3.05) is 6.61 Å². The Labute approximate surface area is 90.0 Å². The molecule has 0 unspecified atom stereocenters. The van der Waals surface area contributed by atoms with E-state index in [-0.39, 0.29) is 6.42 Å². The van der Waals surface area contributed by atoms with E-state index >= 15 is 0 Å². The summed E-state index contributed by atoms with van der Waals surface area (Å²) in [5.74, 6) is -0.752. The number of halogens is 4. The molecule has 0 heterocycles. The highest BCUT2D eigenvalue weighted by molar-refractivity contribution is 5.27. The second-order valence-electron chi connectivity index (χ2n) is 3.21. The zero-order valence-electron chi connectivity index (χ0n) is 8.26. The molecule has 0 fully saturated rings. The normalized spacial score (nSPS) is 12.9. The van der Waals surface area contributed by atoms with Crippen LogP contribution in [-0.2, 0) is 12.6 Å². The van der Waals surface area contributed by atoms with E-state index in [1.807, 2.05) is 0 Å². The summed E-state index contributed by atoms with van der Waals surface area (Å²) in [5, 5.41) is 8.37. The van der Waals surface area contributed by atoms with Crippen molar-refractivity contribution in [1.29, 1.82) is 0 Å². The third-order valence-corrected chi connectivity index (χ3v) is 1.96. The molecule has 0 atom stereocenters. The Hall–Kier alpha value is -1.36. The van der Waals surface area contributed by atoms with Crippen LogP contribution in [0.25, 0.3) is 0 Å². The average molecular weight is 234 g/mol. The summed E-state index contributed by atoms with van der Waals surface area (Å²) in [6, 6.07) is 4.65. The van der Waals surface area contributed by atoms with Gasteiger partial charge in [-0.3, -0.25) is 0 Å². The lowest BCUT2D eigenvalue weighted by molar-refractivity contribution is -0.137. The standard InChI is InChI=1S/C11H10F4O/c12-10(7-16)5-4-8-2-1-3-9(6-8)11(13,14)15/h1-3,5-6,16H,4,7H2/b10-5+. The molecule has 0 saturated heterocycles. The Morgan fingerprint density at radius 1 is 1.31 bits per heavy atom. The minimum absolute atomic E-state index is 0.0241. The van der Waals surface area contributed by atoms with Gasteiger partial charge in [0.05, 0.1) is 12.2 Å². The molecule has 0 aromatic heterocycles. The van der Waals surface area contributed by atoms with Gasteiger partial charge in [-0.2, -0.15) is 13.2 Å². The highest BCUT2D eigenvalue weighted by Crippen LogP contribution is 2.29. The van der Waals surface area contributed by atoms with Crippen LogP contribution in [-0.4, -0.2) is 11.7 Å². The monoisotopic (exact) mass is 234 g/mol. The van der Waals surface area contributed by atoms with Gasteiger partial charge >= 0.3 is 6.18 Å². The van der Waals surface area contributed by atoms with E-state index in [4.69, 9.17) is 5.11 Å². The van der Waals surface area contributed by atoms with E-state index in [9.17, 15) is 17.6 Å². The Kier molecular flexibility index (Phi) is 4.06. The van der Waals surface area contributed by atoms with Crippen molar-refractivity contribution >= 4 is 0 Å². The molecule has 0 saturated carbocycles. The van der Waals surface area contributed by atoms with Gasteiger partial charge in [-0.05, 0) is 24.1 Å². The lowest BCUT2D eigenvalue weighted by Gasteiger charge is -2.07. The van der Waals surface area contributed by atoms with Crippen molar-refractivity contribution in [3.05, 3.63) is 47.3 Å². The van der Waals surface area contributed by atoms with Gasteiger partial charge in [-0.1, -0.05) is 18.2 Å². The quantitative estimate of drug-likeness (QED) is 0.797. The molecule has 0 radical (unpaired) electrons. The zero-order valence-corrected chi connectivity index (χ0v) is 8.26. The Bertz CT molecular complexity index is 382. The second kappa shape index (κ2) is 5.12. The summed E-state index contributed by atoms with van der Waals surface area (Å²) >= 11 is 0. The van der Waals surface area contributed by atoms with Gasteiger partial charge in [-0.25, -0.2) is 4.39 Å². The van der Waals surface area contributed by atoms with Gasteiger partial charge in [0.1, 0.15) is 5.83 Å². The first kappa shape index (κ1) is 12.7. The molecule has 0 bridgehead atoms. The van der Waals surface area contributed by atoms with Crippen molar-refractivity contribution in [3.8, 4) is 0 Å². The van der Waals surface area contributed by atoms with E-state index in [1.54, 1.807) is 0 Å². The second-order valence-corrected chi connectivity index (χ2v) is 3.21. The van der Waals surface area contributed by atoms with E-state index < -0.39 is 24.2 Å². The average Bonchev–Trinajstić information content (AvgIpc) is 2.25. The van der Waals surface area contributed by atoms with Gasteiger partial charge in [0.2, 0.25) is 0 Å². The van der Waals surface area contributed by atoms with Gasteiger partial charge in [0.15, 0.2) is 0 Å². The van der Waals surface area contributed by atoms with Crippen LogP contribution in [0.1, 0.15) is 11.1 Å². The fourth-order valence-corrected chi connectivity index (χ4v) is 1.17. The summed E-state index contributed by atoms with van der Waals surface area (Å²) in [4.78, 5) is 0. The smallest absolute Gasteiger partial charge is 0.389 e. The Morgan fingerprint density at radius 3 is 2.56 bits per heavy atom. The lowest BCUT2D eigenvalue weighted by atomic mass is 10.1. The molecule has 0 amide bonds. The number of benzene rings is 1. The van der Waals surface area contributed by atoms with Crippen LogP contribution in [0.5, 0.6) is 0 Å². The molecule has 16 heavy (non-hydrogen) atoms. The molecular formula is C11H10F4O. The third kappa shape index (κ3) is 3.66. The number of hydrogen-bond donors (Lipinski definition) is 1. The lowest BCUT2D eigenvalue weighted by Crippen LogP contribution is -2.05. The number of hydrogen-bond acceptors (Lipinski definition) is 1. The maximum absolute atomic E-state index is 12.5. The summed E-state index contributed by atoms with van der Waals surface area (Å²) in [7, 11) is 0. The highest BCUT2D eigenvalue weighted by atomic mass is 19.4. The predicted octanol–water partition coefficient (Wildman–Crippen LogP) is 3.09. The highest BCUT2D eigenvalue weighted by Gasteiger charge is 2.30. The molecule has 1 N–H and O–H groups in total. The van der Waals surface area contributed by atoms with Crippen molar-refractivity contribution in [3.63, 3.8) is 0 Å². The Morgan fingerprint density at radius 2 is 2.00 bits per heavy atom. The first-order valence-electron chi connectivity index (χ1n) is 4.55. The molecule has 88 valence electrons. The van der Waals surface area contributed by atoms with Gasteiger partial charge < -0.3 is 5.11 Å². The molecule has 1 nitrogen and oxygen atoms in total. The third-order valence-electron chi connectivity index (χ3n) is 1.96. The van der Waals surface area contributed by atoms with E-state index in [0.717, 1.165) is 18.2 Å². The summed E-state index contributed by atoms with van der Waals surface area (Å²) in [6.07, 6.45) is -3.32. The minimum atomic E-state index is -4.39. The predicted molar refractivity (Wildman–Crippen MR) is 51.4 cm³/mol. The van der Waals surface area contributed by atoms with E-state index in [2.05, 4.69) is 0 Å². The van der Waals surface area contributed by atoms with E-state index in [1.165, 1.54) is 12.1 Å². The molecule has 0 aliphatic rings. The molecule has 0 aliphatic heterocycles. The van der Waals surface area contributed by atoms with Crippen LogP contribution in [0.2, 0.25) is 0 Å². The number of allylic oxidation sites excluding steroid dienone is 1.